The summed E-state index contributed by atoms with van der Waals surface area (Å²) < 4.78 is 15.7. The van der Waals surface area contributed by atoms with Crippen molar-refractivity contribution in [2.75, 3.05) is 27.6 Å². The Bertz CT molecular complexity index is 253. The first-order valence-electron chi connectivity index (χ1n) is 7.58. The summed E-state index contributed by atoms with van der Waals surface area (Å²) >= 11 is 0. The van der Waals surface area contributed by atoms with Gasteiger partial charge in [0.15, 0.2) is 5.78 Å². The zero-order valence-corrected chi connectivity index (χ0v) is 14.0. The quantitative estimate of drug-likeness (QED) is 0.517. The molecule has 0 aliphatic heterocycles. The van der Waals surface area contributed by atoms with Gasteiger partial charge in [-0.1, -0.05) is 34.1 Å². The van der Waals surface area contributed by atoms with Crippen molar-refractivity contribution in [3.63, 3.8) is 0 Å². The summed E-state index contributed by atoms with van der Waals surface area (Å²) in [4.78, 5) is 12.5. The van der Waals surface area contributed by atoms with Crippen molar-refractivity contribution in [3.8, 4) is 0 Å². The van der Waals surface area contributed by atoms with Crippen molar-refractivity contribution in [1.29, 1.82) is 0 Å². The lowest BCUT2D eigenvalue weighted by atomic mass is 9.88. The lowest BCUT2D eigenvalue weighted by Gasteiger charge is -2.25. The Kier molecular flexibility index (Phi) is 11.0. The molecule has 0 rings (SSSR count). The smallest absolute Gasteiger partial charge is 0.162 e. The first kappa shape index (κ1) is 19.6. The number of rotatable bonds is 12. The van der Waals surface area contributed by atoms with Crippen LogP contribution in [0.5, 0.6) is 0 Å². The van der Waals surface area contributed by atoms with Crippen LogP contribution in [0.4, 0.5) is 0 Å². The number of hydrogen-bond donors (Lipinski definition) is 0. The predicted molar refractivity (Wildman–Crippen MR) is 80.6 cm³/mol. The lowest BCUT2D eigenvalue weighted by molar-refractivity contribution is -0.146. The highest BCUT2D eigenvalue weighted by atomic mass is 16.7. The van der Waals surface area contributed by atoms with Crippen molar-refractivity contribution in [2.24, 2.45) is 17.8 Å². The molecule has 3 atom stereocenters. The normalized spacial score (nSPS) is 16.1. The second kappa shape index (κ2) is 11.2. The molecule has 0 bridgehead atoms. The molecule has 120 valence electrons. The molecular weight excluding hydrogens is 256 g/mol. The maximum atomic E-state index is 12.5. The summed E-state index contributed by atoms with van der Waals surface area (Å²) in [6.45, 7) is 9.27. The first-order chi connectivity index (χ1) is 9.46. The maximum absolute atomic E-state index is 12.5. The van der Waals surface area contributed by atoms with Crippen LogP contribution in [0.3, 0.4) is 0 Å². The molecule has 0 aromatic carbocycles. The summed E-state index contributed by atoms with van der Waals surface area (Å²) in [5.74, 6) is 1.19. The summed E-state index contributed by atoms with van der Waals surface area (Å²) in [7, 11) is 3.25. The topological polar surface area (TPSA) is 44.8 Å². The molecule has 4 heteroatoms. The van der Waals surface area contributed by atoms with E-state index in [9.17, 15) is 4.79 Å². The van der Waals surface area contributed by atoms with Crippen LogP contribution in [-0.4, -0.2) is 39.5 Å². The van der Waals surface area contributed by atoms with Gasteiger partial charge in [-0.3, -0.25) is 4.79 Å². The minimum absolute atomic E-state index is 0.166. The Labute approximate surface area is 124 Å². The van der Waals surface area contributed by atoms with E-state index in [0.717, 1.165) is 12.8 Å². The van der Waals surface area contributed by atoms with E-state index in [0.29, 0.717) is 18.9 Å². The molecule has 0 N–H and O–H groups in total. The zero-order valence-electron chi connectivity index (χ0n) is 14.0. The third-order valence-corrected chi connectivity index (χ3v) is 3.51. The second-order valence-electron chi connectivity index (χ2n) is 6.00. The van der Waals surface area contributed by atoms with Gasteiger partial charge in [0, 0.05) is 27.2 Å². The summed E-state index contributed by atoms with van der Waals surface area (Å²) in [5, 5.41) is 0. The van der Waals surface area contributed by atoms with Gasteiger partial charge in [0.2, 0.25) is 0 Å². The molecule has 0 spiro atoms. The second-order valence-corrected chi connectivity index (χ2v) is 6.00. The Morgan fingerprint density at radius 3 is 2.20 bits per heavy atom. The Morgan fingerprint density at radius 1 is 1.10 bits per heavy atom. The maximum Gasteiger partial charge on any atom is 0.162 e. The van der Waals surface area contributed by atoms with E-state index >= 15 is 0 Å². The van der Waals surface area contributed by atoms with Gasteiger partial charge < -0.3 is 14.2 Å². The van der Waals surface area contributed by atoms with Gasteiger partial charge in [-0.2, -0.15) is 0 Å². The van der Waals surface area contributed by atoms with Gasteiger partial charge in [-0.15, -0.1) is 0 Å². The fraction of sp³-hybridized carbons (Fsp3) is 0.938. The fourth-order valence-corrected chi connectivity index (χ4v) is 2.54. The number of ether oxygens (including phenoxy) is 3. The highest BCUT2D eigenvalue weighted by molar-refractivity contribution is 5.83. The van der Waals surface area contributed by atoms with Crippen LogP contribution >= 0.6 is 0 Å². The van der Waals surface area contributed by atoms with Crippen molar-refractivity contribution in [1.82, 2.24) is 0 Å². The molecule has 0 aliphatic carbocycles. The molecule has 0 aromatic heterocycles. The third-order valence-electron chi connectivity index (χ3n) is 3.51. The third kappa shape index (κ3) is 7.98. The van der Waals surface area contributed by atoms with Gasteiger partial charge >= 0.3 is 0 Å². The Balaban J connectivity index is 4.61. The van der Waals surface area contributed by atoms with E-state index in [1.54, 1.807) is 14.2 Å². The molecule has 0 heterocycles. The van der Waals surface area contributed by atoms with E-state index in [-0.39, 0.29) is 30.5 Å². The molecule has 1 unspecified atom stereocenters. The Hall–Kier alpha value is -0.450. The van der Waals surface area contributed by atoms with E-state index in [4.69, 9.17) is 14.2 Å². The number of methoxy groups -OCH3 is 2. The average Bonchev–Trinajstić information content (AvgIpc) is 2.37. The van der Waals surface area contributed by atoms with Crippen molar-refractivity contribution >= 4 is 5.78 Å². The van der Waals surface area contributed by atoms with Crippen molar-refractivity contribution < 1.29 is 19.0 Å². The number of hydrogen-bond acceptors (Lipinski definition) is 4. The summed E-state index contributed by atoms with van der Waals surface area (Å²) in [5.41, 5.74) is 0. The standard InChI is InChI=1S/C16H32O4/c1-7-14(10-18-5)9-15(17)16(20-11-19-6)13(4)8-12(2)3/h12-14,16H,7-11H2,1-6H3/t13-,14?,16+/m0/s1. The number of carbonyl (C=O) groups excluding carboxylic acids is 1. The molecule has 0 saturated heterocycles. The van der Waals surface area contributed by atoms with Crippen LogP contribution in [0.1, 0.15) is 47.0 Å². The van der Waals surface area contributed by atoms with Crippen LogP contribution < -0.4 is 0 Å². The largest absolute Gasteiger partial charge is 0.384 e. The Morgan fingerprint density at radius 2 is 1.75 bits per heavy atom. The number of Topliss-reactive ketones (excluding diaryl/α,β-unsaturated/α-hetero) is 1. The highest BCUT2D eigenvalue weighted by Crippen LogP contribution is 2.21. The number of ketones is 1. The molecule has 0 amide bonds. The molecule has 20 heavy (non-hydrogen) atoms. The monoisotopic (exact) mass is 288 g/mol. The minimum Gasteiger partial charge on any atom is -0.384 e. The summed E-state index contributed by atoms with van der Waals surface area (Å²) in [6.07, 6.45) is 2.06. The molecule has 0 fully saturated rings. The fourth-order valence-electron chi connectivity index (χ4n) is 2.54. The van der Waals surface area contributed by atoms with Crippen LogP contribution in [0.2, 0.25) is 0 Å². The van der Waals surface area contributed by atoms with Crippen LogP contribution in [0, 0.1) is 17.8 Å². The predicted octanol–water partition coefficient (Wildman–Crippen LogP) is 3.29. The lowest BCUT2D eigenvalue weighted by Crippen LogP contribution is -2.34. The van der Waals surface area contributed by atoms with E-state index in [1.165, 1.54) is 0 Å². The molecule has 0 saturated carbocycles. The van der Waals surface area contributed by atoms with Gasteiger partial charge in [-0.25, -0.2) is 0 Å². The van der Waals surface area contributed by atoms with Gasteiger partial charge in [0.05, 0.1) is 0 Å². The van der Waals surface area contributed by atoms with Gasteiger partial charge in [0.25, 0.3) is 0 Å². The van der Waals surface area contributed by atoms with E-state index < -0.39 is 0 Å². The molecular formula is C16H32O4. The number of carbonyl (C=O) groups is 1. The molecule has 4 nitrogen and oxygen atoms in total. The molecule has 0 aliphatic rings. The van der Waals surface area contributed by atoms with Crippen LogP contribution in [-0.2, 0) is 19.0 Å². The minimum atomic E-state index is -0.372. The average molecular weight is 288 g/mol. The first-order valence-corrected chi connectivity index (χ1v) is 7.58. The molecule has 0 radical (unpaired) electrons. The SMILES string of the molecule is CCC(COC)CC(=O)[C@H](OCOC)[C@@H](C)CC(C)C. The van der Waals surface area contributed by atoms with Crippen molar-refractivity contribution in [3.05, 3.63) is 0 Å². The van der Waals surface area contributed by atoms with Gasteiger partial charge in [0.1, 0.15) is 12.9 Å². The van der Waals surface area contributed by atoms with Crippen LogP contribution in [0.25, 0.3) is 0 Å². The van der Waals surface area contributed by atoms with Crippen molar-refractivity contribution in [2.45, 2.75) is 53.1 Å². The molecule has 0 aromatic rings. The van der Waals surface area contributed by atoms with E-state index in [1.807, 2.05) is 0 Å². The van der Waals surface area contributed by atoms with Crippen LogP contribution in [0.15, 0.2) is 0 Å². The van der Waals surface area contributed by atoms with E-state index in [2.05, 4.69) is 27.7 Å². The summed E-state index contributed by atoms with van der Waals surface area (Å²) in [6, 6.07) is 0. The van der Waals surface area contributed by atoms with Gasteiger partial charge in [-0.05, 0) is 24.2 Å². The zero-order chi connectivity index (χ0) is 15.5. The highest BCUT2D eigenvalue weighted by Gasteiger charge is 2.28.